The Morgan fingerprint density at radius 1 is 0.882 bits per heavy atom. The molecule has 0 saturated carbocycles. The van der Waals surface area contributed by atoms with Crippen LogP contribution >= 0.6 is 0 Å². The fraction of sp³-hybridized carbons (Fsp3) is 0.148. The van der Waals surface area contributed by atoms with E-state index in [0.717, 1.165) is 27.1 Å². The van der Waals surface area contributed by atoms with Crippen molar-refractivity contribution in [3.05, 3.63) is 112 Å². The lowest BCUT2D eigenvalue weighted by molar-refractivity contribution is -0.122. The van der Waals surface area contributed by atoms with Gasteiger partial charge in [-0.05, 0) is 41.5 Å². The van der Waals surface area contributed by atoms with Crippen molar-refractivity contribution < 1.29 is 14.3 Å². The Kier molecular flexibility index (Phi) is 7.35. The minimum absolute atomic E-state index is 0.172. The average molecular weight is 456 g/mol. The van der Waals surface area contributed by atoms with Crippen LogP contribution in [0.25, 0.3) is 11.3 Å². The number of carbonyl (C=O) groups excluding carboxylic acids is 1. The summed E-state index contributed by atoms with van der Waals surface area (Å²) >= 11 is 0. The molecule has 0 saturated heterocycles. The van der Waals surface area contributed by atoms with Gasteiger partial charge in [-0.15, -0.1) is 0 Å². The molecule has 0 atom stereocenters. The molecule has 0 bridgehead atoms. The number of aromatic nitrogens is 2. The highest BCUT2D eigenvalue weighted by atomic mass is 16.5. The molecule has 1 heterocycles. The zero-order valence-electron chi connectivity index (χ0n) is 18.8. The Morgan fingerprint density at radius 2 is 1.68 bits per heavy atom. The van der Waals surface area contributed by atoms with Crippen molar-refractivity contribution in [2.24, 2.45) is 0 Å². The van der Waals surface area contributed by atoms with Crippen LogP contribution in [0.15, 0.2) is 95.8 Å². The number of carbonyl (C=O) groups is 1. The molecule has 0 fully saturated rings. The van der Waals surface area contributed by atoms with Crippen LogP contribution in [0.2, 0.25) is 0 Å². The number of rotatable bonds is 9. The summed E-state index contributed by atoms with van der Waals surface area (Å²) in [5, 5.41) is 7.17. The van der Waals surface area contributed by atoms with E-state index in [-0.39, 0.29) is 18.0 Å². The zero-order chi connectivity index (χ0) is 23.8. The van der Waals surface area contributed by atoms with Gasteiger partial charge >= 0.3 is 0 Å². The summed E-state index contributed by atoms with van der Waals surface area (Å²) in [5.41, 5.74) is 3.05. The van der Waals surface area contributed by atoms with Gasteiger partial charge in [-0.3, -0.25) is 9.59 Å². The van der Waals surface area contributed by atoms with Gasteiger partial charge in [0.1, 0.15) is 24.7 Å². The molecular formula is C27H25N3O4. The lowest BCUT2D eigenvalue weighted by atomic mass is 10.1. The third kappa shape index (κ3) is 6.10. The summed E-state index contributed by atoms with van der Waals surface area (Å²) in [6.07, 6.45) is 0. The fourth-order valence-electron chi connectivity index (χ4n) is 3.34. The van der Waals surface area contributed by atoms with Gasteiger partial charge in [0, 0.05) is 18.2 Å². The second-order valence-corrected chi connectivity index (χ2v) is 7.64. The molecule has 1 aromatic heterocycles. The lowest BCUT2D eigenvalue weighted by Gasteiger charge is -2.10. The molecule has 0 aliphatic heterocycles. The maximum Gasteiger partial charge on any atom is 0.267 e. The third-order valence-corrected chi connectivity index (χ3v) is 5.19. The van der Waals surface area contributed by atoms with Crippen molar-refractivity contribution >= 4 is 5.91 Å². The quantitative estimate of drug-likeness (QED) is 0.415. The van der Waals surface area contributed by atoms with Gasteiger partial charge < -0.3 is 14.8 Å². The number of hydrogen-bond donors (Lipinski definition) is 1. The Balaban J connectivity index is 1.32. The van der Waals surface area contributed by atoms with Crippen molar-refractivity contribution in [2.75, 3.05) is 7.11 Å². The van der Waals surface area contributed by atoms with Gasteiger partial charge in [0.05, 0.1) is 12.8 Å². The van der Waals surface area contributed by atoms with E-state index >= 15 is 0 Å². The molecule has 0 unspecified atom stereocenters. The van der Waals surface area contributed by atoms with Gasteiger partial charge in [0.15, 0.2) is 0 Å². The van der Waals surface area contributed by atoms with E-state index in [2.05, 4.69) is 10.4 Å². The van der Waals surface area contributed by atoms with Crippen LogP contribution in [-0.2, 0) is 24.5 Å². The summed E-state index contributed by atoms with van der Waals surface area (Å²) in [4.78, 5) is 24.7. The molecule has 172 valence electrons. The van der Waals surface area contributed by atoms with E-state index in [1.165, 1.54) is 6.07 Å². The van der Waals surface area contributed by atoms with Gasteiger partial charge in [-0.2, -0.15) is 5.10 Å². The van der Waals surface area contributed by atoms with E-state index in [9.17, 15) is 9.59 Å². The molecule has 4 aromatic rings. The van der Waals surface area contributed by atoms with Crippen LogP contribution in [0.1, 0.15) is 11.1 Å². The molecule has 0 spiro atoms. The van der Waals surface area contributed by atoms with Crippen LogP contribution in [0.4, 0.5) is 0 Å². The van der Waals surface area contributed by atoms with Crippen molar-refractivity contribution in [3.8, 4) is 22.8 Å². The highest BCUT2D eigenvalue weighted by Gasteiger charge is 2.09. The molecule has 1 amide bonds. The molecule has 0 aliphatic rings. The van der Waals surface area contributed by atoms with Crippen molar-refractivity contribution in [1.29, 1.82) is 0 Å². The molecule has 7 nitrogen and oxygen atoms in total. The van der Waals surface area contributed by atoms with Crippen LogP contribution in [0, 0.1) is 0 Å². The maximum absolute atomic E-state index is 12.5. The summed E-state index contributed by atoms with van der Waals surface area (Å²) in [5.74, 6) is 1.14. The Morgan fingerprint density at radius 3 is 2.44 bits per heavy atom. The van der Waals surface area contributed by atoms with E-state index < -0.39 is 0 Å². The van der Waals surface area contributed by atoms with Crippen molar-refractivity contribution in [2.45, 2.75) is 19.7 Å². The Bertz CT molecular complexity index is 1300. The topological polar surface area (TPSA) is 82.5 Å². The van der Waals surface area contributed by atoms with Crippen LogP contribution in [-0.4, -0.2) is 22.8 Å². The summed E-state index contributed by atoms with van der Waals surface area (Å²) in [6, 6.07) is 27.9. The first kappa shape index (κ1) is 22.8. The molecule has 4 rings (SSSR count). The number of nitrogens with one attached hydrogen (secondary N) is 1. The van der Waals surface area contributed by atoms with Crippen molar-refractivity contribution in [3.63, 3.8) is 0 Å². The largest absolute Gasteiger partial charge is 0.497 e. The molecule has 3 aromatic carbocycles. The zero-order valence-corrected chi connectivity index (χ0v) is 18.8. The first-order valence-corrected chi connectivity index (χ1v) is 10.9. The highest BCUT2D eigenvalue weighted by Crippen LogP contribution is 2.21. The van der Waals surface area contributed by atoms with Crippen LogP contribution in [0.5, 0.6) is 11.5 Å². The van der Waals surface area contributed by atoms with Crippen LogP contribution < -0.4 is 20.3 Å². The number of methoxy groups -OCH3 is 1. The second-order valence-electron chi connectivity index (χ2n) is 7.64. The monoisotopic (exact) mass is 455 g/mol. The minimum Gasteiger partial charge on any atom is -0.497 e. The van der Waals surface area contributed by atoms with Gasteiger partial charge in [0.2, 0.25) is 5.91 Å². The normalized spacial score (nSPS) is 10.5. The molecule has 7 heteroatoms. The second kappa shape index (κ2) is 11.0. The lowest BCUT2D eigenvalue weighted by Crippen LogP contribution is -2.33. The van der Waals surface area contributed by atoms with Crippen LogP contribution in [0.3, 0.4) is 0 Å². The van der Waals surface area contributed by atoms with E-state index in [1.54, 1.807) is 13.2 Å². The number of ether oxygens (including phenoxy) is 2. The van der Waals surface area contributed by atoms with E-state index in [1.807, 2.05) is 78.9 Å². The smallest absolute Gasteiger partial charge is 0.267 e. The van der Waals surface area contributed by atoms with Crippen molar-refractivity contribution in [1.82, 2.24) is 15.1 Å². The summed E-state index contributed by atoms with van der Waals surface area (Å²) in [7, 11) is 1.59. The van der Waals surface area contributed by atoms with Gasteiger partial charge in [-0.25, -0.2) is 4.68 Å². The number of benzene rings is 3. The Labute approximate surface area is 197 Å². The average Bonchev–Trinajstić information content (AvgIpc) is 2.89. The minimum atomic E-state index is -0.346. The molecule has 0 aliphatic carbocycles. The van der Waals surface area contributed by atoms with Gasteiger partial charge in [-0.1, -0.05) is 54.6 Å². The third-order valence-electron chi connectivity index (χ3n) is 5.19. The van der Waals surface area contributed by atoms with Gasteiger partial charge in [0.25, 0.3) is 5.56 Å². The SMILES string of the molecule is COc1cccc(-c2ccc(=O)n(CC(=O)NCc3ccc(OCc4ccccc4)cc3)n2)c1. The predicted octanol–water partition coefficient (Wildman–Crippen LogP) is 3.81. The highest BCUT2D eigenvalue weighted by molar-refractivity contribution is 5.75. The standard InChI is InChI=1S/C27H25N3O4/c1-33-24-9-5-8-22(16-24)25-14-15-27(32)30(29-25)18-26(31)28-17-20-10-12-23(13-11-20)34-19-21-6-3-2-4-7-21/h2-16H,17-19H2,1H3,(H,28,31). The predicted molar refractivity (Wildman–Crippen MR) is 130 cm³/mol. The van der Waals surface area contributed by atoms with E-state index in [0.29, 0.717) is 24.6 Å². The van der Waals surface area contributed by atoms with E-state index in [4.69, 9.17) is 9.47 Å². The molecule has 1 N–H and O–H groups in total. The number of nitrogens with zero attached hydrogens (tertiary/aromatic N) is 2. The summed E-state index contributed by atoms with van der Waals surface area (Å²) < 4.78 is 12.2. The number of amides is 1. The number of hydrogen-bond acceptors (Lipinski definition) is 5. The maximum atomic E-state index is 12.5. The Hall–Kier alpha value is -4.39. The molecule has 0 radical (unpaired) electrons. The fourth-order valence-corrected chi connectivity index (χ4v) is 3.34. The molecular weight excluding hydrogens is 430 g/mol. The molecule has 34 heavy (non-hydrogen) atoms. The first-order valence-electron chi connectivity index (χ1n) is 10.9. The summed E-state index contributed by atoms with van der Waals surface area (Å²) in [6.45, 7) is 0.657. The first-order chi connectivity index (χ1) is 16.6.